The SMILES string of the molecule is CC1OCCC1NCCN(C(C)C)C1CC1. The Morgan fingerprint density at radius 1 is 1.31 bits per heavy atom. The maximum absolute atomic E-state index is 5.55. The number of hydrogen-bond acceptors (Lipinski definition) is 3. The van der Waals surface area contributed by atoms with Crippen molar-refractivity contribution in [3.05, 3.63) is 0 Å². The van der Waals surface area contributed by atoms with Gasteiger partial charge in [-0.05, 0) is 40.0 Å². The first kappa shape index (κ1) is 12.3. The highest BCUT2D eigenvalue weighted by Crippen LogP contribution is 2.28. The Morgan fingerprint density at radius 2 is 2.06 bits per heavy atom. The Morgan fingerprint density at radius 3 is 2.56 bits per heavy atom. The molecule has 1 heterocycles. The predicted molar refractivity (Wildman–Crippen MR) is 66.7 cm³/mol. The molecule has 3 heteroatoms. The van der Waals surface area contributed by atoms with Crippen molar-refractivity contribution in [3.8, 4) is 0 Å². The van der Waals surface area contributed by atoms with Crippen LogP contribution in [-0.2, 0) is 4.74 Å². The molecule has 2 rings (SSSR count). The lowest BCUT2D eigenvalue weighted by molar-refractivity contribution is 0.112. The molecule has 94 valence electrons. The second kappa shape index (κ2) is 5.48. The third-order valence-corrected chi connectivity index (χ3v) is 3.83. The highest BCUT2D eigenvalue weighted by molar-refractivity contribution is 4.87. The van der Waals surface area contributed by atoms with Gasteiger partial charge in [-0.15, -0.1) is 0 Å². The lowest BCUT2D eigenvalue weighted by Gasteiger charge is -2.27. The van der Waals surface area contributed by atoms with Crippen LogP contribution in [0.15, 0.2) is 0 Å². The topological polar surface area (TPSA) is 24.5 Å². The zero-order valence-electron chi connectivity index (χ0n) is 10.9. The van der Waals surface area contributed by atoms with Gasteiger partial charge in [-0.25, -0.2) is 0 Å². The van der Waals surface area contributed by atoms with E-state index < -0.39 is 0 Å². The van der Waals surface area contributed by atoms with Crippen molar-refractivity contribution in [2.75, 3.05) is 19.7 Å². The summed E-state index contributed by atoms with van der Waals surface area (Å²) in [6, 6.07) is 2.14. The third-order valence-electron chi connectivity index (χ3n) is 3.83. The van der Waals surface area contributed by atoms with E-state index in [1.54, 1.807) is 0 Å². The molecule has 1 aliphatic carbocycles. The molecule has 3 nitrogen and oxygen atoms in total. The van der Waals surface area contributed by atoms with Gasteiger partial charge in [0.1, 0.15) is 0 Å². The molecule has 0 amide bonds. The van der Waals surface area contributed by atoms with Crippen LogP contribution < -0.4 is 5.32 Å². The highest BCUT2D eigenvalue weighted by atomic mass is 16.5. The molecule has 1 saturated heterocycles. The molecule has 1 saturated carbocycles. The summed E-state index contributed by atoms with van der Waals surface area (Å²) in [5.41, 5.74) is 0. The molecule has 1 N–H and O–H groups in total. The van der Waals surface area contributed by atoms with E-state index in [0.29, 0.717) is 18.2 Å². The van der Waals surface area contributed by atoms with Gasteiger partial charge in [0.05, 0.1) is 6.10 Å². The van der Waals surface area contributed by atoms with E-state index in [1.165, 1.54) is 25.8 Å². The Balaban J connectivity index is 1.66. The molecule has 2 fully saturated rings. The van der Waals surface area contributed by atoms with Gasteiger partial charge in [0.2, 0.25) is 0 Å². The van der Waals surface area contributed by atoms with Crippen LogP contribution in [0.5, 0.6) is 0 Å². The molecule has 0 aromatic rings. The molecular weight excluding hydrogens is 200 g/mol. The average Bonchev–Trinajstić information content (AvgIpc) is 2.98. The molecule has 0 spiro atoms. The van der Waals surface area contributed by atoms with E-state index in [2.05, 4.69) is 31.0 Å². The zero-order valence-corrected chi connectivity index (χ0v) is 10.9. The molecule has 0 bridgehead atoms. The summed E-state index contributed by atoms with van der Waals surface area (Å²) in [6.45, 7) is 10.00. The fourth-order valence-electron chi connectivity index (χ4n) is 2.65. The highest BCUT2D eigenvalue weighted by Gasteiger charge is 2.30. The summed E-state index contributed by atoms with van der Waals surface area (Å²) in [5.74, 6) is 0. The van der Waals surface area contributed by atoms with Gasteiger partial charge in [0, 0.05) is 37.8 Å². The van der Waals surface area contributed by atoms with E-state index in [1.807, 2.05) is 0 Å². The van der Waals surface area contributed by atoms with Crippen LogP contribution in [0, 0.1) is 0 Å². The second-order valence-electron chi connectivity index (χ2n) is 5.49. The minimum Gasteiger partial charge on any atom is -0.377 e. The van der Waals surface area contributed by atoms with Crippen molar-refractivity contribution in [1.82, 2.24) is 10.2 Å². The molecule has 2 atom stereocenters. The standard InChI is InChI=1S/C13H26N2O/c1-10(2)15(12-4-5-12)8-7-14-13-6-9-16-11(13)3/h10-14H,4-9H2,1-3H3. The van der Waals surface area contributed by atoms with Crippen LogP contribution >= 0.6 is 0 Å². The van der Waals surface area contributed by atoms with Crippen molar-refractivity contribution in [1.29, 1.82) is 0 Å². The van der Waals surface area contributed by atoms with Gasteiger partial charge >= 0.3 is 0 Å². The van der Waals surface area contributed by atoms with Crippen LogP contribution in [-0.4, -0.2) is 48.8 Å². The maximum atomic E-state index is 5.55. The second-order valence-corrected chi connectivity index (χ2v) is 5.49. The van der Waals surface area contributed by atoms with E-state index >= 15 is 0 Å². The number of nitrogens with one attached hydrogen (secondary N) is 1. The summed E-state index contributed by atoms with van der Waals surface area (Å²) in [5, 5.41) is 3.63. The molecule has 1 aliphatic heterocycles. The lowest BCUT2D eigenvalue weighted by atomic mass is 10.1. The number of ether oxygens (including phenoxy) is 1. The minimum absolute atomic E-state index is 0.397. The van der Waals surface area contributed by atoms with Crippen LogP contribution in [0.3, 0.4) is 0 Å². The Labute approximate surface area is 99.5 Å². The minimum atomic E-state index is 0.397. The maximum Gasteiger partial charge on any atom is 0.0700 e. The average molecular weight is 226 g/mol. The number of rotatable bonds is 6. The fraction of sp³-hybridized carbons (Fsp3) is 1.00. The smallest absolute Gasteiger partial charge is 0.0700 e. The van der Waals surface area contributed by atoms with Crippen LogP contribution in [0.25, 0.3) is 0 Å². The normalized spacial score (nSPS) is 30.6. The monoisotopic (exact) mass is 226 g/mol. The molecule has 0 aromatic heterocycles. The first-order chi connectivity index (χ1) is 7.68. The van der Waals surface area contributed by atoms with Crippen molar-refractivity contribution in [2.45, 2.75) is 64.3 Å². The Hall–Kier alpha value is -0.120. The first-order valence-corrected chi connectivity index (χ1v) is 6.79. The van der Waals surface area contributed by atoms with Gasteiger partial charge in [-0.2, -0.15) is 0 Å². The van der Waals surface area contributed by atoms with E-state index in [0.717, 1.165) is 19.2 Å². The fourth-order valence-corrected chi connectivity index (χ4v) is 2.65. The summed E-state index contributed by atoms with van der Waals surface area (Å²) in [4.78, 5) is 2.63. The zero-order chi connectivity index (χ0) is 11.5. The lowest BCUT2D eigenvalue weighted by Crippen LogP contribution is -2.43. The van der Waals surface area contributed by atoms with Crippen molar-refractivity contribution in [2.24, 2.45) is 0 Å². The molecule has 16 heavy (non-hydrogen) atoms. The van der Waals surface area contributed by atoms with Gasteiger partial charge in [0.25, 0.3) is 0 Å². The van der Waals surface area contributed by atoms with Crippen molar-refractivity contribution >= 4 is 0 Å². The largest absolute Gasteiger partial charge is 0.377 e. The summed E-state index contributed by atoms with van der Waals surface area (Å²) in [7, 11) is 0. The van der Waals surface area contributed by atoms with Crippen LogP contribution in [0.1, 0.15) is 40.0 Å². The van der Waals surface area contributed by atoms with E-state index in [-0.39, 0.29) is 0 Å². The van der Waals surface area contributed by atoms with Gasteiger partial charge < -0.3 is 10.1 Å². The van der Waals surface area contributed by atoms with E-state index in [4.69, 9.17) is 4.74 Å². The quantitative estimate of drug-likeness (QED) is 0.745. The first-order valence-electron chi connectivity index (χ1n) is 6.79. The summed E-state index contributed by atoms with van der Waals surface area (Å²) >= 11 is 0. The summed E-state index contributed by atoms with van der Waals surface area (Å²) < 4.78 is 5.55. The molecular formula is C13H26N2O. The molecule has 2 aliphatic rings. The van der Waals surface area contributed by atoms with Gasteiger partial charge in [0.15, 0.2) is 0 Å². The Kier molecular flexibility index (Phi) is 4.22. The number of hydrogen-bond donors (Lipinski definition) is 1. The molecule has 0 aromatic carbocycles. The third kappa shape index (κ3) is 3.19. The van der Waals surface area contributed by atoms with E-state index in [9.17, 15) is 0 Å². The summed E-state index contributed by atoms with van der Waals surface area (Å²) in [6.07, 6.45) is 4.38. The Bertz CT molecular complexity index is 214. The van der Waals surface area contributed by atoms with Gasteiger partial charge in [-0.3, -0.25) is 4.90 Å². The molecule has 2 unspecified atom stereocenters. The molecule has 0 radical (unpaired) electrons. The van der Waals surface area contributed by atoms with Crippen LogP contribution in [0.2, 0.25) is 0 Å². The van der Waals surface area contributed by atoms with Crippen molar-refractivity contribution < 1.29 is 4.74 Å². The van der Waals surface area contributed by atoms with Crippen molar-refractivity contribution in [3.63, 3.8) is 0 Å². The van der Waals surface area contributed by atoms with Crippen LogP contribution in [0.4, 0.5) is 0 Å². The predicted octanol–water partition coefficient (Wildman–Crippen LogP) is 1.63. The number of nitrogens with zero attached hydrogens (tertiary/aromatic N) is 1. The van der Waals surface area contributed by atoms with Gasteiger partial charge in [-0.1, -0.05) is 0 Å².